The maximum atomic E-state index is 12.1. The Kier molecular flexibility index (Phi) is 4.54. The number of allylic oxidation sites excluding steroid dienone is 1. The summed E-state index contributed by atoms with van der Waals surface area (Å²) in [6.45, 7) is 7.16. The number of hydrogen-bond acceptors (Lipinski definition) is 5. The molecule has 26 heavy (non-hydrogen) atoms. The van der Waals surface area contributed by atoms with Gasteiger partial charge in [0.2, 0.25) is 0 Å². The number of rotatable bonds is 2. The van der Waals surface area contributed by atoms with Crippen LogP contribution < -0.4 is 10.1 Å². The Morgan fingerprint density at radius 2 is 1.77 bits per heavy atom. The van der Waals surface area contributed by atoms with Gasteiger partial charge in [-0.3, -0.25) is 19.7 Å². The van der Waals surface area contributed by atoms with Gasteiger partial charge in [0.1, 0.15) is 5.75 Å². The van der Waals surface area contributed by atoms with Crippen molar-refractivity contribution in [3.8, 4) is 16.2 Å². The van der Waals surface area contributed by atoms with E-state index < -0.39 is 5.41 Å². The predicted octanol–water partition coefficient (Wildman–Crippen LogP) is 4.04. The molecule has 1 aliphatic rings. The minimum Gasteiger partial charge on any atom is -0.426 e. The molecular weight excluding hydrogens is 350 g/mol. The van der Waals surface area contributed by atoms with Crippen LogP contribution in [0, 0.1) is 5.41 Å². The Balaban J connectivity index is 1.90. The summed E-state index contributed by atoms with van der Waals surface area (Å²) in [6.07, 6.45) is 1.70. The van der Waals surface area contributed by atoms with Crippen molar-refractivity contribution in [3.63, 3.8) is 0 Å². The van der Waals surface area contributed by atoms with E-state index in [1.54, 1.807) is 52.0 Å². The summed E-state index contributed by atoms with van der Waals surface area (Å²) in [6, 6.07) is 8.88. The van der Waals surface area contributed by atoms with E-state index in [0.29, 0.717) is 21.8 Å². The molecule has 3 rings (SSSR count). The molecule has 0 spiro atoms. The lowest BCUT2D eigenvalue weighted by Crippen LogP contribution is -2.35. The van der Waals surface area contributed by atoms with Crippen molar-refractivity contribution >= 4 is 34.7 Å². The van der Waals surface area contributed by atoms with Crippen LogP contribution in [0.4, 0.5) is 0 Å². The zero-order valence-electron chi connectivity index (χ0n) is 15.0. The van der Waals surface area contributed by atoms with Crippen LogP contribution >= 0.6 is 11.3 Å². The van der Waals surface area contributed by atoms with Crippen molar-refractivity contribution in [1.29, 1.82) is 0 Å². The van der Waals surface area contributed by atoms with Crippen LogP contribution in [0.15, 0.2) is 36.4 Å². The number of benzene rings is 1. The van der Waals surface area contributed by atoms with Gasteiger partial charge < -0.3 is 4.74 Å². The van der Waals surface area contributed by atoms with Crippen LogP contribution in [0.1, 0.15) is 42.9 Å². The quantitative estimate of drug-likeness (QED) is 0.375. The van der Waals surface area contributed by atoms with Gasteiger partial charge in [-0.25, -0.2) is 0 Å². The summed E-state index contributed by atoms with van der Waals surface area (Å²) < 4.78 is 5.36. The molecule has 0 radical (unpaired) electrons. The number of amides is 2. The molecule has 0 unspecified atom stereocenters. The maximum Gasteiger partial charge on any atom is 0.316 e. The smallest absolute Gasteiger partial charge is 0.316 e. The third kappa shape index (κ3) is 3.32. The molecule has 1 aromatic carbocycles. The SMILES string of the molecule is C/C=C1/C(=O)NC(=O)c2cc(-c3ccc(OC(=O)C(C)(C)C)cc3)sc21. The number of hydrogen-bond donors (Lipinski definition) is 1. The molecule has 2 amide bonds. The molecule has 6 heteroatoms. The number of carbonyl (C=O) groups excluding carboxylic acids is 3. The minimum atomic E-state index is -0.575. The normalized spacial score (nSPS) is 15.6. The molecule has 0 saturated heterocycles. The van der Waals surface area contributed by atoms with Crippen LogP contribution in [0.3, 0.4) is 0 Å². The summed E-state index contributed by atoms with van der Waals surface area (Å²) in [5, 5.41) is 2.35. The Labute approximate surface area is 155 Å². The summed E-state index contributed by atoms with van der Waals surface area (Å²) in [4.78, 5) is 37.5. The first-order valence-electron chi connectivity index (χ1n) is 8.19. The molecule has 2 heterocycles. The number of nitrogens with one attached hydrogen (secondary N) is 1. The number of thiophene rings is 1. The second kappa shape index (κ2) is 6.53. The number of esters is 1. The second-order valence-corrected chi connectivity index (χ2v) is 8.06. The summed E-state index contributed by atoms with van der Waals surface area (Å²) >= 11 is 1.39. The van der Waals surface area contributed by atoms with Gasteiger partial charge in [-0.05, 0) is 63.6 Å². The first-order valence-corrected chi connectivity index (χ1v) is 9.01. The van der Waals surface area contributed by atoms with Crippen molar-refractivity contribution in [1.82, 2.24) is 5.32 Å². The van der Waals surface area contributed by atoms with E-state index in [0.717, 1.165) is 10.4 Å². The fourth-order valence-corrected chi connectivity index (χ4v) is 3.69. The van der Waals surface area contributed by atoms with Gasteiger partial charge in [0.15, 0.2) is 0 Å². The number of ether oxygens (including phenoxy) is 1. The molecule has 1 aliphatic heterocycles. The topological polar surface area (TPSA) is 72.5 Å². The van der Waals surface area contributed by atoms with Crippen LogP contribution in [0.25, 0.3) is 16.0 Å². The van der Waals surface area contributed by atoms with Crippen molar-refractivity contribution < 1.29 is 19.1 Å². The maximum absolute atomic E-state index is 12.1. The van der Waals surface area contributed by atoms with E-state index in [4.69, 9.17) is 4.74 Å². The van der Waals surface area contributed by atoms with Crippen molar-refractivity contribution in [3.05, 3.63) is 46.8 Å². The van der Waals surface area contributed by atoms with Crippen molar-refractivity contribution in [2.24, 2.45) is 5.41 Å². The predicted molar refractivity (Wildman–Crippen MR) is 101 cm³/mol. The van der Waals surface area contributed by atoms with E-state index in [-0.39, 0.29) is 17.8 Å². The Bertz CT molecular complexity index is 930. The molecule has 0 aliphatic carbocycles. The van der Waals surface area contributed by atoms with E-state index >= 15 is 0 Å². The fourth-order valence-electron chi connectivity index (χ4n) is 2.45. The van der Waals surface area contributed by atoms with Crippen LogP contribution in [0.2, 0.25) is 0 Å². The van der Waals surface area contributed by atoms with Crippen LogP contribution in [0.5, 0.6) is 5.75 Å². The van der Waals surface area contributed by atoms with Crippen LogP contribution in [-0.2, 0) is 9.59 Å². The molecule has 134 valence electrons. The number of fused-ring (bicyclic) bond motifs is 1. The summed E-state index contributed by atoms with van der Waals surface area (Å²) in [5.41, 5.74) is 1.32. The minimum absolute atomic E-state index is 0.301. The molecule has 5 nitrogen and oxygen atoms in total. The highest BCUT2D eigenvalue weighted by atomic mass is 32.1. The zero-order valence-corrected chi connectivity index (χ0v) is 15.8. The fraction of sp³-hybridized carbons (Fsp3) is 0.250. The van der Waals surface area contributed by atoms with E-state index in [1.165, 1.54) is 11.3 Å². The van der Waals surface area contributed by atoms with Gasteiger partial charge in [-0.1, -0.05) is 6.08 Å². The van der Waals surface area contributed by atoms with Crippen molar-refractivity contribution in [2.75, 3.05) is 0 Å². The lowest BCUT2D eigenvalue weighted by Gasteiger charge is -2.16. The van der Waals surface area contributed by atoms with Gasteiger partial charge in [0.25, 0.3) is 11.8 Å². The molecule has 0 saturated carbocycles. The molecular formula is C20H19NO4S. The van der Waals surface area contributed by atoms with E-state index in [2.05, 4.69) is 5.32 Å². The monoisotopic (exact) mass is 369 g/mol. The lowest BCUT2D eigenvalue weighted by molar-refractivity contribution is -0.143. The number of carbonyl (C=O) groups is 3. The highest BCUT2D eigenvalue weighted by Crippen LogP contribution is 2.38. The molecule has 0 bridgehead atoms. The summed E-state index contributed by atoms with van der Waals surface area (Å²) in [7, 11) is 0. The molecule has 1 N–H and O–H groups in total. The standard InChI is InChI=1S/C20H19NO4S/c1-5-13-16-14(18(23)21-17(13)22)10-15(26-16)11-6-8-12(9-7-11)25-19(24)20(2,3)4/h5-10H,1-4H3,(H,21,22,23)/b13-5+. The van der Waals surface area contributed by atoms with Gasteiger partial charge in [-0.15, -0.1) is 11.3 Å². The Hall–Kier alpha value is -2.73. The molecule has 0 fully saturated rings. The molecule has 2 aromatic rings. The first kappa shape index (κ1) is 18.1. The van der Waals surface area contributed by atoms with Crippen LogP contribution in [-0.4, -0.2) is 17.8 Å². The summed E-state index contributed by atoms with van der Waals surface area (Å²) in [5.74, 6) is -0.585. The average Bonchev–Trinajstić information content (AvgIpc) is 3.00. The van der Waals surface area contributed by atoms with Crippen molar-refractivity contribution in [2.45, 2.75) is 27.7 Å². The zero-order chi connectivity index (χ0) is 19.1. The molecule has 0 atom stereocenters. The average molecular weight is 369 g/mol. The highest BCUT2D eigenvalue weighted by Gasteiger charge is 2.29. The third-order valence-corrected chi connectivity index (χ3v) is 5.16. The van der Waals surface area contributed by atoms with Gasteiger partial charge >= 0.3 is 5.97 Å². The van der Waals surface area contributed by atoms with Gasteiger partial charge in [-0.2, -0.15) is 0 Å². The van der Waals surface area contributed by atoms with Gasteiger partial charge in [0, 0.05) is 4.88 Å². The highest BCUT2D eigenvalue weighted by molar-refractivity contribution is 7.17. The lowest BCUT2D eigenvalue weighted by atomic mass is 9.97. The van der Waals surface area contributed by atoms with E-state index in [1.807, 2.05) is 12.1 Å². The third-order valence-electron chi connectivity index (χ3n) is 3.94. The Morgan fingerprint density at radius 1 is 1.12 bits per heavy atom. The van der Waals surface area contributed by atoms with E-state index in [9.17, 15) is 14.4 Å². The number of imide groups is 1. The van der Waals surface area contributed by atoms with Gasteiger partial charge in [0.05, 0.1) is 21.4 Å². The second-order valence-electron chi connectivity index (χ2n) is 7.00. The first-order chi connectivity index (χ1) is 12.2. The molecule has 1 aromatic heterocycles. The Morgan fingerprint density at radius 3 is 2.35 bits per heavy atom. The largest absolute Gasteiger partial charge is 0.426 e.